The van der Waals surface area contributed by atoms with Crippen LogP contribution in [0.5, 0.6) is 5.75 Å². The summed E-state index contributed by atoms with van der Waals surface area (Å²) in [6.45, 7) is 5.84. The Morgan fingerprint density at radius 3 is 2.87 bits per heavy atom. The second kappa shape index (κ2) is 8.57. The molecule has 0 saturated carbocycles. The fourth-order valence-electron chi connectivity index (χ4n) is 3.90. The van der Waals surface area contributed by atoms with Crippen LogP contribution in [-0.2, 0) is 16.1 Å². The van der Waals surface area contributed by atoms with Gasteiger partial charge >= 0.3 is 0 Å². The number of aromatic nitrogens is 2. The number of carbonyl (C=O) groups excluding carboxylic acids is 1. The smallest absolute Gasteiger partial charge is 0.276 e. The van der Waals surface area contributed by atoms with Crippen LogP contribution in [0.3, 0.4) is 0 Å². The van der Waals surface area contributed by atoms with Gasteiger partial charge in [-0.2, -0.15) is 5.10 Å². The molecule has 30 heavy (non-hydrogen) atoms. The van der Waals surface area contributed by atoms with Crippen molar-refractivity contribution in [2.24, 2.45) is 0 Å². The van der Waals surface area contributed by atoms with Gasteiger partial charge in [-0.05, 0) is 68.7 Å². The van der Waals surface area contributed by atoms with Crippen LogP contribution in [0.4, 0.5) is 0 Å². The number of carbonyl (C=O) groups is 1. The SMILES string of the molecule is COc1ccc(/C=C2/NC(=S)N(CC3CCCO3)C2=O)cc1Cn1nc(C)cc1C. The highest BCUT2D eigenvalue weighted by atomic mass is 32.1. The number of ether oxygens (including phenoxy) is 2. The summed E-state index contributed by atoms with van der Waals surface area (Å²) in [5.41, 5.74) is 4.42. The molecule has 7 nitrogen and oxygen atoms in total. The maximum atomic E-state index is 12.9. The predicted octanol–water partition coefficient (Wildman–Crippen LogP) is 2.79. The average Bonchev–Trinajstić information content (AvgIpc) is 3.40. The van der Waals surface area contributed by atoms with Crippen LogP contribution in [-0.4, -0.2) is 52.1 Å². The van der Waals surface area contributed by atoms with Crippen LogP contribution in [0, 0.1) is 13.8 Å². The highest BCUT2D eigenvalue weighted by molar-refractivity contribution is 7.80. The standard InChI is InChI=1S/C22H26N4O3S/c1-14-9-15(2)26(24-14)12-17-10-16(6-7-20(17)28-3)11-19-21(27)25(22(30)23-19)13-18-5-4-8-29-18/h6-7,9-11,18H,4-5,8,12-13H2,1-3H3,(H,23,30)/b19-11+. The van der Waals surface area contributed by atoms with E-state index >= 15 is 0 Å². The second-order valence-corrected chi connectivity index (χ2v) is 8.08. The third-order valence-electron chi connectivity index (χ3n) is 5.41. The molecule has 0 spiro atoms. The van der Waals surface area contributed by atoms with E-state index in [1.165, 1.54) is 0 Å². The summed E-state index contributed by atoms with van der Waals surface area (Å²) in [5.74, 6) is 0.664. The van der Waals surface area contributed by atoms with Crippen LogP contribution in [0.1, 0.15) is 35.4 Å². The lowest BCUT2D eigenvalue weighted by Gasteiger charge is -2.18. The van der Waals surface area contributed by atoms with E-state index in [-0.39, 0.29) is 12.0 Å². The Hall–Kier alpha value is -2.71. The number of nitrogens with zero attached hydrogens (tertiary/aromatic N) is 3. The third kappa shape index (κ3) is 4.24. The number of hydrogen-bond acceptors (Lipinski definition) is 5. The molecule has 3 heterocycles. The molecule has 1 aromatic heterocycles. The molecule has 8 heteroatoms. The Balaban J connectivity index is 1.56. The van der Waals surface area contributed by atoms with Crippen molar-refractivity contribution >= 4 is 29.3 Å². The number of methoxy groups -OCH3 is 1. The summed E-state index contributed by atoms with van der Waals surface area (Å²) < 4.78 is 13.1. The number of aryl methyl sites for hydroxylation is 2. The molecule has 2 fully saturated rings. The van der Waals surface area contributed by atoms with E-state index in [1.807, 2.05) is 48.9 Å². The van der Waals surface area contributed by atoms with Gasteiger partial charge in [-0.15, -0.1) is 0 Å². The largest absolute Gasteiger partial charge is 0.496 e. The summed E-state index contributed by atoms with van der Waals surface area (Å²) in [6.07, 6.45) is 3.87. The molecule has 2 aliphatic rings. The molecule has 1 unspecified atom stereocenters. The Labute approximate surface area is 181 Å². The molecule has 1 aromatic carbocycles. The van der Waals surface area contributed by atoms with Crippen LogP contribution in [0.2, 0.25) is 0 Å². The first-order valence-corrected chi connectivity index (χ1v) is 10.5. The maximum absolute atomic E-state index is 12.9. The lowest BCUT2D eigenvalue weighted by Crippen LogP contribution is -2.37. The molecule has 158 valence electrons. The maximum Gasteiger partial charge on any atom is 0.276 e. The first-order valence-electron chi connectivity index (χ1n) is 10.1. The lowest BCUT2D eigenvalue weighted by molar-refractivity contribution is -0.123. The van der Waals surface area contributed by atoms with Crippen LogP contribution < -0.4 is 10.1 Å². The van der Waals surface area contributed by atoms with Crippen molar-refractivity contribution in [1.82, 2.24) is 20.0 Å². The van der Waals surface area contributed by atoms with Crippen molar-refractivity contribution in [2.75, 3.05) is 20.3 Å². The Morgan fingerprint density at radius 1 is 1.37 bits per heavy atom. The van der Waals surface area contributed by atoms with Gasteiger partial charge in [-0.25, -0.2) is 0 Å². The number of thiocarbonyl (C=S) groups is 1. The topological polar surface area (TPSA) is 68.6 Å². The van der Waals surface area contributed by atoms with Gasteiger partial charge in [0, 0.05) is 17.9 Å². The van der Waals surface area contributed by atoms with Gasteiger partial charge < -0.3 is 14.8 Å². The monoisotopic (exact) mass is 426 g/mol. The van der Waals surface area contributed by atoms with Gasteiger partial charge in [-0.1, -0.05) is 6.07 Å². The van der Waals surface area contributed by atoms with Crippen molar-refractivity contribution in [1.29, 1.82) is 0 Å². The minimum Gasteiger partial charge on any atom is -0.496 e. The molecular weight excluding hydrogens is 400 g/mol. The van der Waals surface area contributed by atoms with Gasteiger partial charge in [-0.3, -0.25) is 14.4 Å². The summed E-state index contributed by atoms with van der Waals surface area (Å²) >= 11 is 5.38. The fraction of sp³-hybridized carbons (Fsp3) is 0.409. The predicted molar refractivity (Wildman–Crippen MR) is 118 cm³/mol. The number of rotatable bonds is 6. The lowest BCUT2D eigenvalue weighted by atomic mass is 10.1. The van der Waals surface area contributed by atoms with Crippen LogP contribution in [0.25, 0.3) is 6.08 Å². The van der Waals surface area contributed by atoms with E-state index in [1.54, 1.807) is 12.0 Å². The summed E-state index contributed by atoms with van der Waals surface area (Å²) in [6, 6.07) is 7.90. The zero-order chi connectivity index (χ0) is 21.3. The first kappa shape index (κ1) is 20.6. The van der Waals surface area contributed by atoms with E-state index in [2.05, 4.69) is 10.4 Å². The Kier molecular flexibility index (Phi) is 5.87. The van der Waals surface area contributed by atoms with Gasteiger partial charge in [0.05, 0.1) is 32.0 Å². The van der Waals surface area contributed by atoms with Gasteiger partial charge in [0.1, 0.15) is 11.4 Å². The van der Waals surface area contributed by atoms with Crippen molar-refractivity contribution in [3.05, 3.63) is 52.5 Å². The van der Waals surface area contributed by atoms with Crippen LogP contribution >= 0.6 is 12.2 Å². The first-order chi connectivity index (χ1) is 14.4. The molecule has 0 radical (unpaired) electrons. The molecule has 0 aliphatic carbocycles. The Morgan fingerprint density at radius 2 is 2.20 bits per heavy atom. The molecule has 1 amide bonds. The molecule has 1 atom stereocenters. The second-order valence-electron chi connectivity index (χ2n) is 7.69. The van der Waals surface area contributed by atoms with E-state index in [0.717, 1.165) is 47.7 Å². The zero-order valence-electron chi connectivity index (χ0n) is 17.5. The Bertz CT molecular complexity index is 1010. The molecule has 2 aromatic rings. The molecule has 2 saturated heterocycles. The highest BCUT2D eigenvalue weighted by Gasteiger charge is 2.33. The minimum atomic E-state index is -0.119. The van der Waals surface area contributed by atoms with Crippen molar-refractivity contribution < 1.29 is 14.3 Å². The summed E-state index contributed by atoms with van der Waals surface area (Å²) in [5, 5.41) is 8.02. The minimum absolute atomic E-state index is 0.0569. The zero-order valence-corrected chi connectivity index (χ0v) is 18.3. The van der Waals surface area contributed by atoms with Crippen LogP contribution in [0.15, 0.2) is 30.0 Å². The highest BCUT2D eigenvalue weighted by Crippen LogP contribution is 2.24. The summed E-state index contributed by atoms with van der Waals surface area (Å²) in [7, 11) is 1.65. The quantitative estimate of drug-likeness (QED) is 0.566. The average molecular weight is 427 g/mol. The molecule has 0 bridgehead atoms. The van der Waals surface area contributed by atoms with E-state index in [4.69, 9.17) is 21.7 Å². The third-order valence-corrected chi connectivity index (χ3v) is 5.73. The van der Waals surface area contributed by atoms with Gasteiger partial charge in [0.15, 0.2) is 5.11 Å². The number of benzene rings is 1. The molecule has 1 N–H and O–H groups in total. The normalized spacial score (nSPS) is 20.3. The van der Waals surface area contributed by atoms with E-state index < -0.39 is 0 Å². The van der Waals surface area contributed by atoms with Crippen molar-refractivity contribution in [3.63, 3.8) is 0 Å². The van der Waals surface area contributed by atoms with E-state index in [9.17, 15) is 4.79 Å². The number of nitrogens with one attached hydrogen (secondary N) is 1. The van der Waals surface area contributed by atoms with Gasteiger partial charge in [0.25, 0.3) is 5.91 Å². The molecular formula is C22H26N4O3S. The van der Waals surface area contributed by atoms with E-state index in [0.29, 0.717) is 23.9 Å². The van der Waals surface area contributed by atoms with Crippen molar-refractivity contribution in [3.8, 4) is 5.75 Å². The summed E-state index contributed by atoms with van der Waals surface area (Å²) in [4.78, 5) is 14.5. The number of amides is 1. The molecule has 4 rings (SSSR count). The van der Waals surface area contributed by atoms with Crippen molar-refractivity contribution in [2.45, 2.75) is 39.3 Å². The fourth-order valence-corrected chi connectivity index (χ4v) is 4.17. The van der Waals surface area contributed by atoms with Gasteiger partial charge in [0.2, 0.25) is 0 Å². The number of hydrogen-bond donors (Lipinski definition) is 1. The molecule has 2 aliphatic heterocycles.